The van der Waals surface area contributed by atoms with E-state index in [4.69, 9.17) is 5.11 Å². The highest BCUT2D eigenvalue weighted by atomic mass is 32.1. The summed E-state index contributed by atoms with van der Waals surface area (Å²) in [5.41, 5.74) is 0. The predicted octanol–water partition coefficient (Wildman–Crippen LogP) is 3.65. The Morgan fingerprint density at radius 3 is 2.78 bits per heavy atom. The molecule has 0 aliphatic heterocycles. The number of hydrogen-bond donors (Lipinski definition) is 2. The molecule has 4 heteroatoms. The van der Waals surface area contributed by atoms with E-state index in [9.17, 15) is 4.79 Å². The first-order chi connectivity index (χ1) is 8.74. The maximum absolute atomic E-state index is 11.1. The smallest absolute Gasteiger partial charge is 0.320 e. The highest BCUT2D eigenvalue weighted by Crippen LogP contribution is 2.11. The molecule has 0 saturated heterocycles. The van der Waals surface area contributed by atoms with E-state index >= 15 is 0 Å². The van der Waals surface area contributed by atoms with Crippen LogP contribution in [0, 0.1) is 0 Å². The van der Waals surface area contributed by atoms with Crippen molar-refractivity contribution in [1.82, 2.24) is 5.32 Å². The zero-order chi connectivity index (χ0) is 13.2. The van der Waals surface area contributed by atoms with E-state index in [0.29, 0.717) is 6.54 Å². The first-order valence-electron chi connectivity index (χ1n) is 6.72. The number of unbranched alkanes of at least 4 members (excludes halogenated alkanes) is 4. The molecule has 18 heavy (non-hydrogen) atoms. The largest absolute Gasteiger partial charge is 0.480 e. The molecule has 1 aromatic rings. The first kappa shape index (κ1) is 15.2. The van der Waals surface area contributed by atoms with E-state index in [1.54, 1.807) is 11.3 Å². The van der Waals surface area contributed by atoms with Crippen LogP contribution < -0.4 is 5.32 Å². The van der Waals surface area contributed by atoms with Crippen LogP contribution in [-0.2, 0) is 11.3 Å². The Morgan fingerprint density at radius 1 is 1.39 bits per heavy atom. The number of hydrogen-bond acceptors (Lipinski definition) is 3. The molecule has 0 spiro atoms. The molecule has 102 valence electrons. The Morgan fingerprint density at radius 2 is 2.17 bits per heavy atom. The fourth-order valence-electron chi connectivity index (χ4n) is 1.90. The van der Waals surface area contributed by atoms with Gasteiger partial charge < -0.3 is 5.11 Å². The first-order valence-corrected chi connectivity index (χ1v) is 7.60. The number of carbonyl (C=O) groups is 1. The Bertz CT molecular complexity index is 325. The number of carboxylic acid groups (broad SMARTS) is 1. The lowest BCUT2D eigenvalue weighted by atomic mass is 10.1. The fourth-order valence-corrected chi connectivity index (χ4v) is 2.56. The molecular formula is C14H23NO2S. The van der Waals surface area contributed by atoms with Crippen molar-refractivity contribution in [1.29, 1.82) is 0 Å². The second kappa shape index (κ2) is 9.11. The van der Waals surface area contributed by atoms with Gasteiger partial charge in [0.1, 0.15) is 6.04 Å². The SMILES string of the molecule is CCCCCCCC(NCc1cccs1)C(=O)O. The number of aliphatic carboxylic acids is 1. The van der Waals surface area contributed by atoms with Crippen molar-refractivity contribution in [2.24, 2.45) is 0 Å². The molecule has 0 amide bonds. The normalized spacial score (nSPS) is 12.5. The predicted molar refractivity (Wildman–Crippen MR) is 76.0 cm³/mol. The molecular weight excluding hydrogens is 246 g/mol. The summed E-state index contributed by atoms with van der Waals surface area (Å²) in [7, 11) is 0. The van der Waals surface area contributed by atoms with Crippen molar-refractivity contribution in [3.8, 4) is 0 Å². The maximum atomic E-state index is 11.1. The molecule has 0 saturated carbocycles. The van der Waals surface area contributed by atoms with Crippen molar-refractivity contribution in [2.75, 3.05) is 0 Å². The average Bonchev–Trinajstić information content (AvgIpc) is 2.85. The van der Waals surface area contributed by atoms with Crippen LogP contribution in [0.5, 0.6) is 0 Å². The zero-order valence-electron chi connectivity index (χ0n) is 11.0. The van der Waals surface area contributed by atoms with Gasteiger partial charge >= 0.3 is 5.97 Å². The van der Waals surface area contributed by atoms with Crippen molar-refractivity contribution in [3.05, 3.63) is 22.4 Å². The summed E-state index contributed by atoms with van der Waals surface area (Å²) >= 11 is 1.66. The number of carboxylic acids is 1. The molecule has 0 aliphatic rings. The fraction of sp³-hybridized carbons (Fsp3) is 0.643. The maximum Gasteiger partial charge on any atom is 0.320 e. The molecule has 1 atom stereocenters. The third-order valence-corrected chi connectivity index (χ3v) is 3.87. The summed E-state index contributed by atoms with van der Waals surface area (Å²) in [6, 6.07) is 3.61. The van der Waals surface area contributed by atoms with E-state index in [-0.39, 0.29) is 0 Å². The zero-order valence-corrected chi connectivity index (χ0v) is 11.8. The van der Waals surface area contributed by atoms with Crippen LogP contribution in [-0.4, -0.2) is 17.1 Å². The third-order valence-electron chi connectivity index (χ3n) is 3.00. The van der Waals surface area contributed by atoms with Gasteiger partial charge in [0.05, 0.1) is 0 Å². The van der Waals surface area contributed by atoms with Crippen LogP contribution in [0.1, 0.15) is 50.3 Å². The van der Waals surface area contributed by atoms with Gasteiger partial charge in [0, 0.05) is 11.4 Å². The molecule has 0 aromatic carbocycles. The van der Waals surface area contributed by atoms with Crippen molar-refractivity contribution in [3.63, 3.8) is 0 Å². The van der Waals surface area contributed by atoms with Crippen LogP contribution in [0.4, 0.5) is 0 Å². The number of thiophene rings is 1. The van der Waals surface area contributed by atoms with Gasteiger partial charge in [-0.3, -0.25) is 10.1 Å². The Labute approximate surface area is 113 Å². The molecule has 1 unspecified atom stereocenters. The molecule has 0 fully saturated rings. The Kier molecular flexibility index (Phi) is 7.69. The van der Waals surface area contributed by atoms with Gasteiger partial charge in [0.15, 0.2) is 0 Å². The van der Waals surface area contributed by atoms with Gasteiger partial charge in [-0.15, -0.1) is 11.3 Å². The second-order valence-electron chi connectivity index (χ2n) is 4.55. The van der Waals surface area contributed by atoms with Gasteiger partial charge in [0.2, 0.25) is 0 Å². The van der Waals surface area contributed by atoms with Gasteiger partial charge in [-0.05, 0) is 17.9 Å². The molecule has 0 aliphatic carbocycles. The molecule has 3 nitrogen and oxygen atoms in total. The van der Waals surface area contributed by atoms with E-state index in [0.717, 1.165) is 19.3 Å². The monoisotopic (exact) mass is 269 g/mol. The standard InChI is InChI=1S/C14H23NO2S/c1-2-3-4-5-6-9-13(14(16)17)15-11-12-8-7-10-18-12/h7-8,10,13,15H,2-6,9,11H2,1H3,(H,16,17). The molecule has 0 bridgehead atoms. The summed E-state index contributed by atoms with van der Waals surface area (Å²) < 4.78 is 0. The van der Waals surface area contributed by atoms with E-state index < -0.39 is 12.0 Å². The van der Waals surface area contributed by atoms with E-state index in [2.05, 4.69) is 12.2 Å². The van der Waals surface area contributed by atoms with Gasteiger partial charge in [-0.25, -0.2) is 0 Å². The van der Waals surface area contributed by atoms with Crippen LogP contribution in [0.25, 0.3) is 0 Å². The number of nitrogens with one attached hydrogen (secondary N) is 1. The van der Waals surface area contributed by atoms with Crippen molar-refractivity contribution >= 4 is 17.3 Å². The summed E-state index contributed by atoms with van der Waals surface area (Å²) in [6.07, 6.45) is 6.55. The van der Waals surface area contributed by atoms with E-state index in [1.165, 1.54) is 24.1 Å². The summed E-state index contributed by atoms with van der Waals surface area (Å²) in [5, 5.41) is 14.3. The summed E-state index contributed by atoms with van der Waals surface area (Å²) in [6.45, 7) is 2.84. The van der Waals surface area contributed by atoms with Crippen LogP contribution in [0.15, 0.2) is 17.5 Å². The van der Waals surface area contributed by atoms with E-state index in [1.807, 2.05) is 17.5 Å². The minimum absolute atomic E-state index is 0.409. The lowest BCUT2D eigenvalue weighted by Crippen LogP contribution is -2.35. The van der Waals surface area contributed by atoms with Crippen molar-refractivity contribution < 1.29 is 9.90 Å². The van der Waals surface area contributed by atoms with Crippen LogP contribution in [0.2, 0.25) is 0 Å². The molecule has 1 rings (SSSR count). The molecule has 2 N–H and O–H groups in total. The molecule has 1 heterocycles. The lowest BCUT2D eigenvalue weighted by Gasteiger charge is -2.13. The average molecular weight is 269 g/mol. The topological polar surface area (TPSA) is 49.3 Å². The van der Waals surface area contributed by atoms with Gasteiger partial charge in [0.25, 0.3) is 0 Å². The highest BCUT2D eigenvalue weighted by molar-refractivity contribution is 7.09. The van der Waals surface area contributed by atoms with Crippen LogP contribution in [0.3, 0.4) is 0 Å². The van der Waals surface area contributed by atoms with Crippen LogP contribution >= 0.6 is 11.3 Å². The minimum Gasteiger partial charge on any atom is -0.480 e. The third kappa shape index (κ3) is 6.17. The van der Waals surface area contributed by atoms with Gasteiger partial charge in [-0.2, -0.15) is 0 Å². The minimum atomic E-state index is -0.734. The highest BCUT2D eigenvalue weighted by Gasteiger charge is 2.15. The number of rotatable bonds is 10. The lowest BCUT2D eigenvalue weighted by molar-refractivity contribution is -0.139. The second-order valence-corrected chi connectivity index (χ2v) is 5.59. The summed E-state index contributed by atoms with van der Waals surface area (Å²) in [4.78, 5) is 12.3. The Hall–Kier alpha value is -0.870. The molecule has 0 radical (unpaired) electrons. The van der Waals surface area contributed by atoms with Gasteiger partial charge in [-0.1, -0.05) is 45.1 Å². The Balaban J connectivity index is 2.20. The van der Waals surface area contributed by atoms with Crippen molar-refractivity contribution in [2.45, 2.75) is 58.0 Å². The summed E-state index contributed by atoms with van der Waals surface area (Å²) in [5.74, 6) is -0.734. The quantitative estimate of drug-likeness (QED) is 0.637. The molecule has 1 aromatic heterocycles.